The fourth-order valence-electron chi connectivity index (χ4n) is 7.59. The van der Waals surface area contributed by atoms with Gasteiger partial charge in [-0.2, -0.15) is 0 Å². The lowest BCUT2D eigenvalue weighted by molar-refractivity contribution is 1.07. The summed E-state index contributed by atoms with van der Waals surface area (Å²) in [6.07, 6.45) is 0. The zero-order valence-corrected chi connectivity index (χ0v) is 31.7. The van der Waals surface area contributed by atoms with Gasteiger partial charge in [-0.1, -0.05) is 200 Å². The summed E-state index contributed by atoms with van der Waals surface area (Å²) in [5.41, 5.74) is 14.7. The molecule has 0 saturated carbocycles. The number of fused-ring (bicyclic) bond motifs is 1. The largest absolute Gasteiger partial charge is 0.208 e. The summed E-state index contributed by atoms with van der Waals surface area (Å²) in [7, 11) is 0. The fourth-order valence-corrected chi connectivity index (χ4v) is 7.59. The number of hydrogen-bond acceptors (Lipinski definition) is 3. The highest BCUT2D eigenvalue weighted by Gasteiger charge is 2.13. The molecule has 3 nitrogen and oxygen atoms in total. The van der Waals surface area contributed by atoms with Gasteiger partial charge in [0.05, 0.1) is 0 Å². The molecule has 0 aliphatic carbocycles. The molecule has 1 aromatic heterocycles. The maximum absolute atomic E-state index is 4.90. The molecular weight excluding hydrogens is 703 g/mol. The summed E-state index contributed by atoms with van der Waals surface area (Å²) in [5, 5.41) is 2.49. The predicted octanol–water partition coefficient (Wildman–Crippen LogP) is 14.4. The van der Waals surface area contributed by atoms with Gasteiger partial charge in [-0.3, -0.25) is 0 Å². The van der Waals surface area contributed by atoms with Crippen molar-refractivity contribution < 1.29 is 0 Å². The van der Waals surface area contributed by atoms with Crippen molar-refractivity contribution in [1.29, 1.82) is 0 Å². The molecule has 0 radical (unpaired) electrons. The zero-order valence-electron chi connectivity index (χ0n) is 31.7. The SMILES string of the molecule is c1ccc(-c2cc(-c3ccc(-c4ccc(-c5ccc(-c6nc(-c7ccccc7)nc(-c7ccccc7)n6)cc5)cc4)cc3)cc(-c3ccc4ccccc4c3)c2)cc1. The second-order valence-electron chi connectivity index (χ2n) is 14.5. The van der Waals surface area contributed by atoms with Gasteiger partial charge in [0.25, 0.3) is 0 Å². The first-order chi connectivity index (χ1) is 28.7. The fraction of sp³-hybridized carbons (Fsp3) is 0. The van der Waals surface area contributed by atoms with E-state index in [0.717, 1.165) is 27.8 Å². The summed E-state index contributed by atoms with van der Waals surface area (Å²) in [6.45, 7) is 0. The molecular formula is C55H37N3. The molecule has 0 N–H and O–H groups in total. The lowest BCUT2D eigenvalue weighted by Gasteiger charge is -2.13. The number of hydrogen-bond donors (Lipinski definition) is 0. The van der Waals surface area contributed by atoms with E-state index < -0.39 is 0 Å². The number of nitrogens with zero attached hydrogens (tertiary/aromatic N) is 3. The van der Waals surface area contributed by atoms with E-state index in [2.05, 4.69) is 164 Å². The Bertz CT molecular complexity index is 2940. The zero-order chi connectivity index (χ0) is 38.7. The van der Waals surface area contributed by atoms with Crippen LogP contribution in [0.25, 0.3) is 101 Å². The highest BCUT2D eigenvalue weighted by Crippen LogP contribution is 2.36. The van der Waals surface area contributed by atoms with E-state index in [1.807, 2.05) is 60.7 Å². The van der Waals surface area contributed by atoms with E-state index in [1.165, 1.54) is 55.3 Å². The molecule has 272 valence electrons. The van der Waals surface area contributed by atoms with Crippen LogP contribution >= 0.6 is 0 Å². The van der Waals surface area contributed by atoms with Crippen LogP contribution in [0.5, 0.6) is 0 Å². The minimum Gasteiger partial charge on any atom is -0.208 e. The molecule has 0 aliphatic heterocycles. The molecule has 0 bridgehead atoms. The normalized spacial score (nSPS) is 11.1. The molecule has 0 aliphatic rings. The Balaban J connectivity index is 0.913. The van der Waals surface area contributed by atoms with Gasteiger partial charge in [-0.05, 0) is 90.7 Å². The Labute approximate surface area is 338 Å². The number of rotatable bonds is 8. The summed E-state index contributed by atoms with van der Waals surface area (Å²) in [4.78, 5) is 14.6. The number of benzene rings is 9. The summed E-state index contributed by atoms with van der Waals surface area (Å²) < 4.78 is 0. The smallest absolute Gasteiger partial charge is 0.164 e. The Morgan fingerprint density at radius 1 is 0.172 bits per heavy atom. The van der Waals surface area contributed by atoms with Gasteiger partial charge >= 0.3 is 0 Å². The molecule has 9 aromatic carbocycles. The molecule has 0 amide bonds. The van der Waals surface area contributed by atoms with Gasteiger partial charge in [0.1, 0.15) is 0 Å². The third-order valence-electron chi connectivity index (χ3n) is 10.7. The highest BCUT2D eigenvalue weighted by molar-refractivity contribution is 5.89. The molecule has 10 rings (SSSR count). The van der Waals surface area contributed by atoms with Crippen LogP contribution in [-0.2, 0) is 0 Å². The highest BCUT2D eigenvalue weighted by atomic mass is 15.0. The predicted molar refractivity (Wildman–Crippen MR) is 241 cm³/mol. The van der Waals surface area contributed by atoms with Crippen molar-refractivity contribution in [1.82, 2.24) is 15.0 Å². The van der Waals surface area contributed by atoms with Gasteiger partial charge in [-0.15, -0.1) is 0 Å². The van der Waals surface area contributed by atoms with Crippen molar-refractivity contribution >= 4 is 10.8 Å². The van der Waals surface area contributed by atoms with Gasteiger partial charge in [0.15, 0.2) is 17.5 Å². The van der Waals surface area contributed by atoms with Crippen molar-refractivity contribution in [2.45, 2.75) is 0 Å². The van der Waals surface area contributed by atoms with Crippen LogP contribution < -0.4 is 0 Å². The van der Waals surface area contributed by atoms with Crippen LogP contribution in [0.2, 0.25) is 0 Å². The first kappa shape index (κ1) is 34.7. The van der Waals surface area contributed by atoms with Crippen molar-refractivity contribution in [2.24, 2.45) is 0 Å². The molecule has 58 heavy (non-hydrogen) atoms. The van der Waals surface area contributed by atoms with Crippen LogP contribution in [0.3, 0.4) is 0 Å². The van der Waals surface area contributed by atoms with Crippen LogP contribution in [0, 0.1) is 0 Å². The first-order valence-electron chi connectivity index (χ1n) is 19.6. The molecule has 0 fully saturated rings. The van der Waals surface area contributed by atoms with Gasteiger partial charge < -0.3 is 0 Å². The van der Waals surface area contributed by atoms with Gasteiger partial charge in [-0.25, -0.2) is 15.0 Å². The Morgan fingerprint density at radius 2 is 0.448 bits per heavy atom. The molecule has 0 saturated heterocycles. The molecule has 0 spiro atoms. The summed E-state index contributed by atoms with van der Waals surface area (Å²) in [6, 6.07) is 79.2. The Morgan fingerprint density at radius 3 is 0.879 bits per heavy atom. The lowest BCUT2D eigenvalue weighted by atomic mass is 9.92. The van der Waals surface area contributed by atoms with Crippen LogP contribution in [-0.4, -0.2) is 15.0 Å². The quantitative estimate of drug-likeness (QED) is 0.156. The average molecular weight is 740 g/mol. The third-order valence-corrected chi connectivity index (χ3v) is 10.7. The topological polar surface area (TPSA) is 38.7 Å². The molecule has 0 unspecified atom stereocenters. The van der Waals surface area contributed by atoms with E-state index in [4.69, 9.17) is 15.0 Å². The molecule has 3 heteroatoms. The van der Waals surface area contributed by atoms with Crippen molar-refractivity contribution in [3.63, 3.8) is 0 Å². The maximum atomic E-state index is 4.90. The monoisotopic (exact) mass is 739 g/mol. The molecule has 1 heterocycles. The first-order valence-corrected chi connectivity index (χ1v) is 19.6. The van der Waals surface area contributed by atoms with Crippen molar-refractivity contribution in [2.75, 3.05) is 0 Å². The van der Waals surface area contributed by atoms with Gasteiger partial charge in [0, 0.05) is 16.7 Å². The van der Waals surface area contributed by atoms with E-state index in [9.17, 15) is 0 Å². The average Bonchev–Trinajstić information content (AvgIpc) is 3.32. The maximum Gasteiger partial charge on any atom is 0.164 e. The Kier molecular flexibility index (Phi) is 9.23. The van der Waals surface area contributed by atoms with Crippen molar-refractivity contribution in [3.05, 3.63) is 224 Å². The van der Waals surface area contributed by atoms with E-state index in [-0.39, 0.29) is 0 Å². The minimum atomic E-state index is 0.648. The number of aromatic nitrogens is 3. The van der Waals surface area contributed by atoms with E-state index in [1.54, 1.807) is 0 Å². The molecule has 0 atom stereocenters. The summed E-state index contributed by atoms with van der Waals surface area (Å²) >= 11 is 0. The van der Waals surface area contributed by atoms with Crippen LogP contribution in [0.15, 0.2) is 224 Å². The van der Waals surface area contributed by atoms with Gasteiger partial charge in [0.2, 0.25) is 0 Å². The standard InChI is InChI=1S/C55H37N3/c1-4-12-38(13-5-1)50-35-51(37-52(36-50)49-33-30-39-14-10-11-19-48(39)34-49)44-26-24-42(25-27-44)40-20-22-41(23-21-40)43-28-31-47(32-29-43)55-57-53(45-15-6-2-7-16-45)56-54(58-55)46-17-8-3-9-18-46/h1-37H. The van der Waals surface area contributed by atoms with E-state index >= 15 is 0 Å². The Hall–Kier alpha value is -7.75. The van der Waals surface area contributed by atoms with Crippen LogP contribution in [0.1, 0.15) is 0 Å². The minimum absolute atomic E-state index is 0.648. The second-order valence-corrected chi connectivity index (χ2v) is 14.5. The second kappa shape index (κ2) is 15.4. The van der Waals surface area contributed by atoms with Crippen LogP contribution in [0.4, 0.5) is 0 Å². The van der Waals surface area contributed by atoms with E-state index in [0.29, 0.717) is 17.5 Å². The lowest BCUT2D eigenvalue weighted by Crippen LogP contribution is -2.00. The molecule has 10 aromatic rings. The summed E-state index contributed by atoms with van der Waals surface area (Å²) in [5.74, 6) is 1.96. The van der Waals surface area contributed by atoms with Crippen molar-refractivity contribution in [3.8, 4) is 89.8 Å². The third kappa shape index (κ3) is 7.21.